The summed E-state index contributed by atoms with van der Waals surface area (Å²) < 4.78 is 5.82. The van der Waals surface area contributed by atoms with Gasteiger partial charge in [-0.05, 0) is 57.5 Å². The van der Waals surface area contributed by atoms with E-state index in [-0.39, 0.29) is 0 Å². The summed E-state index contributed by atoms with van der Waals surface area (Å²) in [4.78, 5) is 6.92. The van der Waals surface area contributed by atoms with Crippen LogP contribution in [0.1, 0.15) is 37.4 Å². The van der Waals surface area contributed by atoms with Crippen LogP contribution in [0.5, 0.6) is 5.88 Å². The Morgan fingerprint density at radius 3 is 2.85 bits per heavy atom. The quantitative estimate of drug-likeness (QED) is 0.740. The molecule has 20 heavy (non-hydrogen) atoms. The van der Waals surface area contributed by atoms with Crippen LogP contribution in [0.15, 0.2) is 12.1 Å². The van der Waals surface area contributed by atoms with E-state index in [1.54, 1.807) is 0 Å². The molecule has 0 aliphatic carbocycles. The van der Waals surface area contributed by atoms with Crippen molar-refractivity contribution in [2.75, 3.05) is 32.8 Å². The first-order chi connectivity index (χ1) is 9.78. The van der Waals surface area contributed by atoms with Crippen LogP contribution in [-0.2, 0) is 6.54 Å². The lowest BCUT2D eigenvalue weighted by molar-refractivity contribution is 0.231. The molecular weight excluding hydrogens is 250 g/mol. The van der Waals surface area contributed by atoms with Gasteiger partial charge >= 0.3 is 0 Å². The number of likely N-dealkylation sites (tertiary alicyclic amines) is 1. The second kappa shape index (κ2) is 8.22. The van der Waals surface area contributed by atoms with E-state index in [0.29, 0.717) is 0 Å². The molecule has 2 heterocycles. The maximum atomic E-state index is 5.82. The molecule has 0 unspecified atom stereocenters. The van der Waals surface area contributed by atoms with Gasteiger partial charge < -0.3 is 10.1 Å². The van der Waals surface area contributed by atoms with E-state index in [2.05, 4.69) is 34.3 Å². The van der Waals surface area contributed by atoms with Gasteiger partial charge in [0.15, 0.2) is 0 Å². The second-order valence-corrected chi connectivity index (χ2v) is 5.53. The minimum atomic E-state index is 0.734. The number of ether oxygens (including phenoxy) is 1. The van der Waals surface area contributed by atoms with Gasteiger partial charge in [0.25, 0.3) is 0 Å². The van der Waals surface area contributed by atoms with Gasteiger partial charge in [-0.2, -0.15) is 0 Å². The molecule has 1 aromatic rings. The lowest BCUT2D eigenvalue weighted by Gasteiger charge is -2.15. The maximum absolute atomic E-state index is 5.82. The smallest absolute Gasteiger partial charge is 0.213 e. The van der Waals surface area contributed by atoms with Crippen molar-refractivity contribution in [2.24, 2.45) is 0 Å². The van der Waals surface area contributed by atoms with E-state index in [0.717, 1.165) is 44.2 Å². The lowest BCUT2D eigenvalue weighted by Crippen LogP contribution is -2.25. The number of nitrogens with one attached hydrogen (secondary N) is 1. The summed E-state index contributed by atoms with van der Waals surface area (Å²) in [6.45, 7) is 10.3. The molecule has 1 N–H and O–H groups in total. The topological polar surface area (TPSA) is 37.4 Å². The number of hydrogen-bond donors (Lipinski definition) is 1. The molecule has 0 radical (unpaired) electrons. The number of hydrogen-bond acceptors (Lipinski definition) is 4. The first-order valence-corrected chi connectivity index (χ1v) is 7.81. The highest BCUT2D eigenvalue weighted by molar-refractivity contribution is 5.24. The van der Waals surface area contributed by atoms with Gasteiger partial charge in [-0.25, -0.2) is 4.98 Å². The van der Waals surface area contributed by atoms with Crippen molar-refractivity contribution < 1.29 is 4.74 Å². The summed E-state index contributed by atoms with van der Waals surface area (Å²) >= 11 is 0. The third kappa shape index (κ3) is 5.10. The molecule has 112 valence electrons. The monoisotopic (exact) mass is 277 g/mol. The van der Waals surface area contributed by atoms with E-state index in [9.17, 15) is 0 Å². The van der Waals surface area contributed by atoms with Crippen molar-refractivity contribution in [3.8, 4) is 5.88 Å². The summed E-state index contributed by atoms with van der Waals surface area (Å²) in [6, 6.07) is 4.18. The van der Waals surface area contributed by atoms with E-state index in [1.807, 2.05) is 6.92 Å². The minimum Gasteiger partial charge on any atom is -0.476 e. The molecule has 1 aliphatic rings. The number of aryl methyl sites for hydroxylation is 1. The molecule has 1 saturated heterocycles. The van der Waals surface area contributed by atoms with Gasteiger partial charge in [0.2, 0.25) is 5.88 Å². The molecule has 0 aromatic carbocycles. The molecular formula is C16H27N3O. The fourth-order valence-corrected chi connectivity index (χ4v) is 2.58. The van der Waals surface area contributed by atoms with Crippen LogP contribution in [0, 0.1) is 6.92 Å². The molecule has 0 bridgehead atoms. The van der Waals surface area contributed by atoms with Crippen LogP contribution in [0.4, 0.5) is 0 Å². The Morgan fingerprint density at radius 1 is 1.30 bits per heavy atom. The third-order valence-electron chi connectivity index (χ3n) is 3.60. The minimum absolute atomic E-state index is 0.734. The molecule has 1 fully saturated rings. The fourth-order valence-electron chi connectivity index (χ4n) is 2.58. The lowest BCUT2D eigenvalue weighted by atomic mass is 10.2. The number of rotatable bonds is 8. The average molecular weight is 277 g/mol. The van der Waals surface area contributed by atoms with Crippen molar-refractivity contribution in [1.29, 1.82) is 0 Å². The van der Waals surface area contributed by atoms with Crippen molar-refractivity contribution in [3.63, 3.8) is 0 Å². The first-order valence-electron chi connectivity index (χ1n) is 7.81. The van der Waals surface area contributed by atoms with Gasteiger partial charge in [-0.1, -0.05) is 6.92 Å². The summed E-state index contributed by atoms with van der Waals surface area (Å²) in [7, 11) is 0. The van der Waals surface area contributed by atoms with E-state index >= 15 is 0 Å². The molecule has 1 aliphatic heterocycles. The van der Waals surface area contributed by atoms with Crippen LogP contribution in [0.3, 0.4) is 0 Å². The highest BCUT2D eigenvalue weighted by Gasteiger charge is 2.11. The Kier molecular flexibility index (Phi) is 6.27. The van der Waals surface area contributed by atoms with Crippen LogP contribution >= 0.6 is 0 Å². The fraction of sp³-hybridized carbons (Fsp3) is 0.688. The number of pyridine rings is 1. The Labute approximate surface area is 122 Å². The number of nitrogens with zero attached hydrogens (tertiary/aromatic N) is 2. The Morgan fingerprint density at radius 2 is 2.10 bits per heavy atom. The van der Waals surface area contributed by atoms with E-state index < -0.39 is 0 Å². The highest BCUT2D eigenvalue weighted by Crippen LogP contribution is 2.13. The predicted molar refractivity (Wildman–Crippen MR) is 82.1 cm³/mol. The van der Waals surface area contributed by atoms with Gasteiger partial charge in [0.05, 0.1) is 0 Å². The molecule has 1 aromatic heterocycles. The summed E-state index contributed by atoms with van der Waals surface area (Å²) in [6.07, 6.45) is 3.81. The van der Waals surface area contributed by atoms with Gasteiger partial charge in [-0.3, -0.25) is 4.90 Å². The predicted octanol–water partition coefficient (Wildman–Crippen LogP) is 2.36. The summed E-state index contributed by atoms with van der Waals surface area (Å²) in [5.41, 5.74) is 2.28. The molecule has 0 amide bonds. The molecule has 4 nitrogen and oxygen atoms in total. The van der Waals surface area contributed by atoms with Crippen LogP contribution in [-0.4, -0.2) is 42.7 Å². The Balaban J connectivity index is 1.80. The normalized spacial score (nSPS) is 15.7. The van der Waals surface area contributed by atoms with Gasteiger partial charge in [0, 0.05) is 24.8 Å². The standard InChI is InChI=1S/C16H27N3O/c1-3-6-17-13-15-11-14(2)18-16(12-15)20-10-9-19-7-4-5-8-19/h11-12,17H,3-10,13H2,1-2H3. The van der Waals surface area contributed by atoms with Gasteiger partial charge in [0.1, 0.15) is 6.61 Å². The Hall–Kier alpha value is -1.13. The SMILES string of the molecule is CCCNCc1cc(C)nc(OCCN2CCCC2)c1. The van der Waals surface area contributed by atoms with Crippen LogP contribution in [0.25, 0.3) is 0 Å². The van der Waals surface area contributed by atoms with Crippen molar-refractivity contribution >= 4 is 0 Å². The van der Waals surface area contributed by atoms with Crippen molar-refractivity contribution in [3.05, 3.63) is 23.4 Å². The van der Waals surface area contributed by atoms with Crippen LogP contribution < -0.4 is 10.1 Å². The zero-order chi connectivity index (χ0) is 14.2. The largest absolute Gasteiger partial charge is 0.476 e. The third-order valence-corrected chi connectivity index (χ3v) is 3.60. The Bertz CT molecular complexity index is 403. The zero-order valence-electron chi connectivity index (χ0n) is 12.8. The summed E-state index contributed by atoms with van der Waals surface area (Å²) in [5, 5.41) is 3.42. The molecule has 0 atom stereocenters. The number of aromatic nitrogens is 1. The van der Waals surface area contributed by atoms with Crippen LogP contribution in [0.2, 0.25) is 0 Å². The average Bonchev–Trinajstić information content (AvgIpc) is 2.92. The molecule has 2 rings (SSSR count). The van der Waals surface area contributed by atoms with Crippen molar-refractivity contribution in [2.45, 2.75) is 39.7 Å². The second-order valence-electron chi connectivity index (χ2n) is 5.53. The van der Waals surface area contributed by atoms with Gasteiger partial charge in [-0.15, -0.1) is 0 Å². The molecule has 4 heteroatoms. The maximum Gasteiger partial charge on any atom is 0.213 e. The molecule has 0 saturated carbocycles. The molecule has 0 spiro atoms. The highest BCUT2D eigenvalue weighted by atomic mass is 16.5. The zero-order valence-corrected chi connectivity index (χ0v) is 12.8. The summed E-state index contributed by atoms with van der Waals surface area (Å²) in [5.74, 6) is 0.762. The van der Waals surface area contributed by atoms with Crippen molar-refractivity contribution in [1.82, 2.24) is 15.2 Å². The van der Waals surface area contributed by atoms with E-state index in [1.165, 1.54) is 31.5 Å². The first kappa shape index (κ1) is 15.3. The van der Waals surface area contributed by atoms with E-state index in [4.69, 9.17) is 4.74 Å².